The maximum Gasteiger partial charge on any atom is 0.341 e. The van der Waals surface area contributed by atoms with Gasteiger partial charge in [-0.3, -0.25) is 9.59 Å². The van der Waals surface area contributed by atoms with Crippen LogP contribution in [0.25, 0.3) is 0 Å². The van der Waals surface area contributed by atoms with Crippen LogP contribution in [0.3, 0.4) is 0 Å². The van der Waals surface area contributed by atoms with Crippen LogP contribution < -0.4 is 15.4 Å². The van der Waals surface area contributed by atoms with Crippen LogP contribution in [0.15, 0.2) is 42.5 Å². The topological polar surface area (TPSA) is 93.7 Å². The molecule has 3 aromatic rings. The zero-order valence-corrected chi connectivity index (χ0v) is 22.5. The predicted octanol–water partition coefficient (Wildman–Crippen LogP) is 7.24. The standard InChI is InChI=1S/C25H23Cl3N2O5S/c1-3-34-25(33)21-14(2)22(23(32)29-17-9-6-15(26)7-10-17)36-24(21)30-20(31)5-4-12-35-19-11-8-16(27)13-18(19)28/h6-11,13H,3-5,12H2,1-2H3,(H,29,32)(H,30,31). The van der Waals surface area contributed by atoms with Gasteiger partial charge in [0.15, 0.2) is 0 Å². The molecule has 0 radical (unpaired) electrons. The summed E-state index contributed by atoms with van der Waals surface area (Å²) in [4.78, 5) is 38.4. The van der Waals surface area contributed by atoms with Crippen molar-refractivity contribution < 1.29 is 23.9 Å². The predicted molar refractivity (Wildman–Crippen MR) is 144 cm³/mol. The molecule has 3 rings (SSSR count). The maximum atomic E-state index is 12.9. The van der Waals surface area contributed by atoms with E-state index < -0.39 is 11.9 Å². The van der Waals surface area contributed by atoms with Crippen molar-refractivity contribution in [2.75, 3.05) is 23.8 Å². The van der Waals surface area contributed by atoms with Gasteiger partial charge in [-0.15, -0.1) is 11.3 Å². The van der Waals surface area contributed by atoms with E-state index in [2.05, 4.69) is 10.6 Å². The SMILES string of the molecule is CCOC(=O)c1c(NC(=O)CCCOc2ccc(Cl)cc2Cl)sc(C(=O)Nc2ccc(Cl)cc2)c1C. The van der Waals surface area contributed by atoms with Gasteiger partial charge >= 0.3 is 5.97 Å². The fourth-order valence-corrected chi connectivity index (χ4v) is 4.88. The minimum atomic E-state index is -0.618. The number of hydrogen-bond acceptors (Lipinski definition) is 6. The summed E-state index contributed by atoms with van der Waals surface area (Å²) < 4.78 is 10.8. The van der Waals surface area contributed by atoms with Crippen molar-refractivity contribution in [1.82, 2.24) is 0 Å². The zero-order valence-electron chi connectivity index (χ0n) is 19.5. The molecule has 0 aliphatic heterocycles. The summed E-state index contributed by atoms with van der Waals surface area (Å²) in [5, 5.41) is 7.17. The first-order chi connectivity index (χ1) is 17.2. The van der Waals surface area contributed by atoms with Crippen LogP contribution >= 0.6 is 46.1 Å². The summed E-state index contributed by atoms with van der Waals surface area (Å²) >= 11 is 18.9. The first-order valence-corrected chi connectivity index (χ1v) is 12.9. The maximum absolute atomic E-state index is 12.9. The van der Waals surface area contributed by atoms with Crippen molar-refractivity contribution in [3.05, 3.63) is 73.5 Å². The Morgan fingerprint density at radius 2 is 1.67 bits per heavy atom. The van der Waals surface area contributed by atoms with Gasteiger partial charge in [-0.2, -0.15) is 0 Å². The molecule has 0 unspecified atom stereocenters. The van der Waals surface area contributed by atoms with Crippen molar-refractivity contribution in [2.24, 2.45) is 0 Å². The summed E-state index contributed by atoms with van der Waals surface area (Å²) in [7, 11) is 0. The highest BCUT2D eigenvalue weighted by Gasteiger charge is 2.26. The normalized spacial score (nSPS) is 10.6. The molecule has 0 spiro atoms. The van der Waals surface area contributed by atoms with Gasteiger partial charge in [-0.05, 0) is 68.3 Å². The molecule has 2 amide bonds. The highest BCUT2D eigenvalue weighted by atomic mass is 35.5. The minimum absolute atomic E-state index is 0.122. The van der Waals surface area contributed by atoms with Gasteiger partial charge in [0, 0.05) is 22.2 Å². The van der Waals surface area contributed by atoms with Crippen molar-refractivity contribution in [3.63, 3.8) is 0 Å². The molecule has 7 nitrogen and oxygen atoms in total. The molecule has 0 saturated carbocycles. The number of benzene rings is 2. The molecule has 0 bridgehead atoms. The molecule has 0 aliphatic carbocycles. The molecule has 2 N–H and O–H groups in total. The first-order valence-electron chi connectivity index (χ1n) is 10.9. The molecule has 36 heavy (non-hydrogen) atoms. The lowest BCUT2D eigenvalue weighted by Crippen LogP contribution is -2.15. The van der Waals surface area contributed by atoms with Gasteiger partial charge < -0.3 is 20.1 Å². The lowest BCUT2D eigenvalue weighted by atomic mass is 10.1. The van der Waals surface area contributed by atoms with E-state index in [4.69, 9.17) is 44.3 Å². The van der Waals surface area contributed by atoms with E-state index in [0.717, 1.165) is 11.3 Å². The number of halogens is 3. The van der Waals surface area contributed by atoms with Crippen LogP contribution in [0.1, 0.15) is 45.4 Å². The Kier molecular flexibility index (Phi) is 10.0. The lowest BCUT2D eigenvalue weighted by molar-refractivity contribution is -0.116. The quantitative estimate of drug-likeness (QED) is 0.198. The summed E-state index contributed by atoms with van der Waals surface area (Å²) in [6.07, 6.45) is 0.518. The van der Waals surface area contributed by atoms with E-state index in [1.807, 2.05) is 0 Å². The van der Waals surface area contributed by atoms with Crippen LogP contribution in [-0.2, 0) is 9.53 Å². The third kappa shape index (κ3) is 7.36. The number of thiophene rings is 1. The third-order valence-corrected chi connectivity index (χ3v) is 6.88. The summed E-state index contributed by atoms with van der Waals surface area (Å²) in [5.74, 6) is -0.902. The molecule has 190 valence electrons. The number of carbonyl (C=O) groups excluding carboxylic acids is 3. The molecule has 0 saturated heterocycles. The first kappa shape index (κ1) is 27.8. The monoisotopic (exact) mass is 568 g/mol. The Morgan fingerprint density at radius 1 is 0.972 bits per heavy atom. The van der Waals surface area contributed by atoms with E-state index in [1.165, 1.54) is 0 Å². The Bertz CT molecular complexity index is 1260. The number of carbonyl (C=O) groups is 3. The Balaban J connectivity index is 1.68. The zero-order chi connectivity index (χ0) is 26.2. The van der Waals surface area contributed by atoms with Gasteiger partial charge in [0.1, 0.15) is 10.8 Å². The average Bonchev–Trinajstić information content (AvgIpc) is 3.15. The number of ether oxygens (including phenoxy) is 2. The molecule has 1 aromatic heterocycles. The third-order valence-electron chi connectivity index (χ3n) is 4.89. The summed E-state index contributed by atoms with van der Waals surface area (Å²) in [6, 6.07) is 11.5. The average molecular weight is 570 g/mol. The largest absolute Gasteiger partial charge is 0.492 e. The van der Waals surface area contributed by atoms with Crippen LogP contribution in [-0.4, -0.2) is 31.0 Å². The molecule has 0 atom stereocenters. The number of rotatable bonds is 10. The molecular weight excluding hydrogens is 547 g/mol. The molecule has 0 fully saturated rings. The van der Waals surface area contributed by atoms with Crippen LogP contribution in [0.4, 0.5) is 10.7 Å². The van der Waals surface area contributed by atoms with Gasteiger partial charge in [-0.1, -0.05) is 34.8 Å². The summed E-state index contributed by atoms with van der Waals surface area (Å²) in [6.45, 7) is 3.72. The van der Waals surface area contributed by atoms with Crippen LogP contribution in [0.5, 0.6) is 5.75 Å². The fraction of sp³-hybridized carbons (Fsp3) is 0.240. The molecule has 2 aromatic carbocycles. The van der Waals surface area contributed by atoms with Crippen molar-refractivity contribution in [1.29, 1.82) is 0 Å². The van der Waals surface area contributed by atoms with E-state index in [1.54, 1.807) is 56.3 Å². The number of hydrogen-bond donors (Lipinski definition) is 2. The minimum Gasteiger partial charge on any atom is -0.492 e. The van der Waals surface area contributed by atoms with Gasteiger partial charge in [0.2, 0.25) is 5.91 Å². The van der Waals surface area contributed by atoms with Crippen molar-refractivity contribution in [2.45, 2.75) is 26.7 Å². The Morgan fingerprint density at radius 3 is 2.33 bits per heavy atom. The molecule has 11 heteroatoms. The Labute approximate surface area is 227 Å². The molecular formula is C25H23Cl3N2O5S. The Hall–Kier alpha value is -2.78. The molecule has 0 aliphatic rings. The number of nitrogens with one attached hydrogen (secondary N) is 2. The van der Waals surface area contributed by atoms with Crippen LogP contribution in [0, 0.1) is 6.92 Å². The summed E-state index contributed by atoms with van der Waals surface area (Å²) in [5.41, 5.74) is 1.11. The fourth-order valence-electron chi connectivity index (χ4n) is 3.18. The smallest absolute Gasteiger partial charge is 0.341 e. The van der Waals surface area contributed by atoms with E-state index in [9.17, 15) is 14.4 Å². The second-order valence-corrected chi connectivity index (χ2v) is 9.82. The van der Waals surface area contributed by atoms with Gasteiger partial charge in [0.05, 0.1) is 28.7 Å². The molecule has 1 heterocycles. The van der Waals surface area contributed by atoms with Gasteiger partial charge in [-0.25, -0.2) is 4.79 Å². The second-order valence-electron chi connectivity index (χ2n) is 7.52. The highest BCUT2D eigenvalue weighted by Crippen LogP contribution is 2.35. The second kappa shape index (κ2) is 13.0. The highest BCUT2D eigenvalue weighted by molar-refractivity contribution is 7.19. The number of amides is 2. The van der Waals surface area contributed by atoms with E-state index in [-0.39, 0.29) is 41.0 Å². The van der Waals surface area contributed by atoms with Gasteiger partial charge in [0.25, 0.3) is 5.91 Å². The van der Waals surface area contributed by atoms with Crippen LogP contribution in [0.2, 0.25) is 15.1 Å². The number of anilines is 2. The van der Waals surface area contributed by atoms with E-state index >= 15 is 0 Å². The van der Waals surface area contributed by atoms with Crippen molar-refractivity contribution >= 4 is 74.6 Å². The lowest BCUT2D eigenvalue weighted by Gasteiger charge is -2.09. The number of esters is 1. The van der Waals surface area contributed by atoms with Crippen molar-refractivity contribution in [3.8, 4) is 5.75 Å². The van der Waals surface area contributed by atoms with E-state index in [0.29, 0.717) is 38.5 Å².